The molecule has 3 rings (SSSR count). The summed E-state index contributed by atoms with van der Waals surface area (Å²) in [5.74, 6) is -0.121. The van der Waals surface area contributed by atoms with E-state index in [1.54, 1.807) is 12.3 Å². The molecule has 5 heteroatoms. The fourth-order valence-corrected chi connectivity index (χ4v) is 2.54. The Labute approximate surface area is 122 Å². The Bertz CT molecular complexity index is 693. The number of rotatable bonds is 2. The van der Waals surface area contributed by atoms with Gasteiger partial charge in [-0.05, 0) is 17.7 Å². The van der Waals surface area contributed by atoms with Crippen molar-refractivity contribution in [1.82, 2.24) is 10.3 Å². The molecule has 2 aromatic rings. The number of anilines is 1. The monoisotopic (exact) mass is 278 g/mol. The number of nitrogens with one attached hydrogen (secondary N) is 1. The summed E-state index contributed by atoms with van der Waals surface area (Å²) in [6.07, 6.45) is 1.71. The van der Waals surface area contributed by atoms with E-state index in [1.807, 2.05) is 42.5 Å². The Morgan fingerprint density at radius 1 is 1.29 bits per heavy atom. The Balaban J connectivity index is 2.11. The summed E-state index contributed by atoms with van der Waals surface area (Å²) in [5, 5.41) is 12.2. The number of fused-ring (bicyclic) bond motifs is 1. The first kappa shape index (κ1) is 13.3. The first-order valence-electron chi connectivity index (χ1n) is 6.72. The number of hydrogen-bond acceptors (Lipinski definition) is 4. The number of hydrogen-bond donors (Lipinski definition) is 1. The highest BCUT2D eigenvalue weighted by Gasteiger charge is 2.29. The van der Waals surface area contributed by atoms with Crippen LogP contribution in [0.2, 0.25) is 0 Å². The molecule has 0 aliphatic carbocycles. The van der Waals surface area contributed by atoms with Crippen molar-refractivity contribution in [2.24, 2.45) is 0 Å². The van der Waals surface area contributed by atoms with Gasteiger partial charge in [0, 0.05) is 6.20 Å². The normalized spacial score (nSPS) is 17.8. The summed E-state index contributed by atoms with van der Waals surface area (Å²) < 4.78 is 0. The van der Waals surface area contributed by atoms with Crippen LogP contribution in [0.3, 0.4) is 0 Å². The molecule has 0 saturated carbocycles. The molecule has 1 aromatic heterocycles. The molecule has 1 aliphatic heterocycles. The van der Waals surface area contributed by atoms with Gasteiger partial charge in [0.2, 0.25) is 5.91 Å². The molecule has 2 heterocycles. The van der Waals surface area contributed by atoms with Crippen LogP contribution < -0.4 is 10.2 Å². The van der Waals surface area contributed by atoms with E-state index in [-0.39, 0.29) is 25.0 Å². The van der Waals surface area contributed by atoms with Crippen molar-refractivity contribution in [2.75, 3.05) is 18.0 Å². The first-order valence-corrected chi connectivity index (χ1v) is 6.72. The van der Waals surface area contributed by atoms with Crippen molar-refractivity contribution in [3.05, 3.63) is 59.9 Å². The number of carbonyl (C=O) groups excluding carboxylic acids is 1. The van der Waals surface area contributed by atoms with E-state index in [9.17, 15) is 4.79 Å². The fraction of sp³-hybridized carbons (Fsp3) is 0.188. The molecule has 1 aromatic carbocycles. The molecule has 104 valence electrons. The molecule has 0 bridgehead atoms. The third-order valence-electron chi connectivity index (χ3n) is 3.50. The van der Waals surface area contributed by atoms with Crippen LogP contribution in [0.5, 0.6) is 0 Å². The highest BCUT2D eigenvalue weighted by Crippen LogP contribution is 2.30. The molecule has 1 aliphatic rings. The van der Waals surface area contributed by atoms with Gasteiger partial charge in [-0.3, -0.25) is 20.0 Å². The van der Waals surface area contributed by atoms with Crippen molar-refractivity contribution in [2.45, 2.75) is 6.04 Å². The van der Waals surface area contributed by atoms with E-state index in [2.05, 4.69) is 10.3 Å². The van der Waals surface area contributed by atoms with Crippen molar-refractivity contribution in [1.29, 1.82) is 5.26 Å². The number of aromatic nitrogens is 1. The van der Waals surface area contributed by atoms with Crippen LogP contribution in [-0.2, 0) is 4.79 Å². The second-order valence-corrected chi connectivity index (χ2v) is 4.77. The number of amides is 1. The predicted octanol–water partition coefficient (Wildman–Crippen LogP) is 1.63. The zero-order chi connectivity index (χ0) is 14.7. The number of nitrogens with zero attached hydrogens (tertiary/aromatic N) is 3. The number of pyridine rings is 1. The van der Waals surface area contributed by atoms with Gasteiger partial charge in [0.15, 0.2) is 0 Å². The molecular weight excluding hydrogens is 264 g/mol. The molecule has 5 nitrogen and oxygen atoms in total. The molecule has 0 spiro atoms. The zero-order valence-corrected chi connectivity index (χ0v) is 11.4. The molecule has 1 unspecified atom stereocenters. The van der Waals surface area contributed by atoms with Gasteiger partial charge in [0.25, 0.3) is 0 Å². The largest absolute Gasteiger partial charge is 0.296 e. The Morgan fingerprint density at radius 3 is 2.86 bits per heavy atom. The van der Waals surface area contributed by atoms with Crippen LogP contribution >= 0.6 is 0 Å². The maximum atomic E-state index is 12.2. The maximum absolute atomic E-state index is 12.2. The van der Waals surface area contributed by atoms with Gasteiger partial charge >= 0.3 is 0 Å². The highest BCUT2D eigenvalue weighted by molar-refractivity contribution is 5.96. The van der Waals surface area contributed by atoms with Gasteiger partial charge in [-0.15, -0.1) is 0 Å². The van der Waals surface area contributed by atoms with Crippen LogP contribution in [0.25, 0.3) is 0 Å². The van der Waals surface area contributed by atoms with Crippen molar-refractivity contribution in [3.63, 3.8) is 0 Å². The average Bonchev–Trinajstić information content (AvgIpc) is 2.67. The summed E-state index contributed by atoms with van der Waals surface area (Å²) in [4.78, 5) is 18.2. The summed E-state index contributed by atoms with van der Waals surface area (Å²) in [6, 6.07) is 15.4. The van der Waals surface area contributed by atoms with E-state index in [1.165, 1.54) is 4.90 Å². The van der Waals surface area contributed by atoms with Gasteiger partial charge in [0.1, 0.15) is 6.54 Å². The minimum atomic E-state index is -0.157. The zero-order valence-electron chi connectivity index (χ0n) is 11.4. The van der Waals surface area contributed by atoms with Gasteiger partial charge in [-0.2, -0.15) is 5.26 Å². The number of nitriles is 1. The van der Waals surface area contributed by atoms with Crippen LogP contribution in [0.15, 0.2) is 48.7 Å². The quantitative estimate of drug-likeness (QED) is 0.848. The van der Waals surface area contributed by atoms with Gasteiger partial charge in [-0.1, -0.05) is 30.3 Å². The lowest BCUT2D eigenvalue weighted by molar-refractivity contribution is -0.117. The van der Waals surface area contributed by atoms with E-state index >= 15 is 0 Å². The fourth-order valence-electron chi connectivity index (χ4n) is 2.54. The van der Waals surface area contributed by atoms with Crippen molar-refractivity contribution in [3.8, 4) is 6.07 Å². The minimum absolute atomic E-state index is 0.0285. The lowest BCUT2D eigenvalue weighted by Gasteiger charge is -2.20. The second-order valence-electron chi connectivity index (χ2n) is 4.77. The van der Waals surface area contributed by atoms with E-state index in [4.69, 9.17) is 5.26 Å². The minimum Gasteiger partial charge on any atom is -0.296 e. The SMILES string of the molecule is N#CCN1C(=O)CNC(c2ccccc2)c2ncccc21. The summed E-state index contributed by atoms with van der Waals surface area (Å²) in [5.41, 5.74) is 2.51. The lowest BCUT2D eigenvalue weighted by atomic mass is 10.0. The molecule has 1 amide bonds. The van der Waals surface area contributed by atoms with Crippen LogP contribution in [-0.4, -0.2) is 24.0 Å². The second kappa shape index (κ2) is 5.73. The van der Waals surface area contributed by atoms with E-state index in [0.717, 1.165) is 11.3 Å². The Kier molecular flexibility index (Phi) is 3.63. The molecule has 0 saturated heterocycles. The Morgan fingerprint density at radius 2 is 2.10 bits per heavy atom. The van der Waals surface area contributed by atoms with Crippen LogP contribution in [0, 0.1) is 11.3 Å². The molecular formula is C16H14N4O. The molecule has 0 fully saturated rings. The maximum Gasteiger partial charge on any atom is 0.241 e. The highest BCUT2D eigenvalue weighted by atomic mass is 16.2. The molecule has 1 atom stereocenters. The molecule has 1 N–H and O–H groups in total. The van der Waals surface area contributed by atoms with Crippen molar-refractivity contribution < 1.29 is 4.79 Å². The van der Waals surface area contributed by atoms with E-state index < -0.39 is 0 Å². The van der Waals surface area contributed by atoms with Gasteiger partial charge < -0.3 is 0 Å². The van der Waals surface area contributed by atoms with Gasteiger partial charge in [-0.25, -0.2) is 0 Å². The number of carbonyl (C=O) groups is 1. The summed E-state index contributed by atoms with van der Waals surface area (Å²) in [7, 11) is 0. The Hall–Kier alpha value is -2.71. The third kappa shape index (κ3) is 2.49. The van der Waals surface area contributed by atoms with E-state index in [0.29, 0.717) is 5.69 Å². The lowest BCUT2D eigenvalue weighted by Crippen LogP contribution is -2.36. The summed E-state index contributed by atoms with van der Waals surface area (Å²) in [6.45, 7) is 0.207. The van der Waals surface area contributed by atoms with Crippen LogP contribution in [0.1, 0.15) is 17.3 Å². The standard InChI is InChI=1S/C16H14N4O/c17-8-10-20-13-7-4-9-18-16(13)15(19-11-14(20)21)12-5-2-1-3-6-12/h1-7,9,15,19H,10-11H2. The topological polar surface area (TPSA) is 69.0 Å². The number of benzene rings is 1. The van der Waals surface area contributed by atoms with Crippen molar-refractivity contribution >= 4 is 11.6 Å². The molecule has 0 radical (unpaired) electrons. The smallest absolute Gasteiger partial charge is 0.241 e. The first-order chi connectivity index (χ1) is 10.3. The van der Waals surface area contributed by atoms with Gasteiger partial charge in [0.05, 0.1) is 30.0 Å². The molecule has 21 heavy (non-hydrogen) atoms. The predicted molar refractivity (Wildman–Crippen MR) is 78.5 cm³/mol. The summed E-state index contributed by atoms with van der Waals surface area (Å²) >= 11 is 0. The average molecular weight is 278 g/mol. The third-order valence-corrected chi connectivity index (χ3v) is 3.50. The van der Waals surface area contributed by atoms with Crippen LogP contribution in [0.4, 0.5) is 5.69 Å².